The van der Waals surface area contributed by atoms with Crippen molar-refractivity contribution in [2.24, 2.45) is 5.73 Å². The fourth-order valence-corrected chi connectivity index (χ4v) is 3.27. The van der Waals surface area contributed by atoms with Gasteiger partial charge in [0.1, 0.15) is 0 Å². The summed E-state index contributed by atoms with van der Waals surface area (Å²) in [5.41, 5.74) is 9.37. The van der Waals surface area contributed by atoms with Crippen LogP contribution in [0, 0.1) is 11.8 Å². The molecule has 2 atom stereocenters. The highest BCUT2D eigenvalue weighted by molar-refractivity contribution is 5.38. The Hall–Kier alpha value is -2.08. The molecule has 0 spiro atoms. The van der Waals surface area contributed by atoms with E-state index in [0.717, 1.165) is 31.2 Å². The number of rotatable bonds is 3. The lowest BCUT2D eigenvalue weighted by Crippen LogP contribution is -2.40. The Kier molecular flexibility index (Phi) is 4.81. The molecule has 2 heteroatoms. The van der Waals surface area contributed by atoms with Crippen LogP contribution >= 0.6 is 0 Å². The molecule has 3 N–H and O–H groups in total. The number of nitrogens with two attached hydrogens (primary N) is 1. The lowest BCUT2D eigenvalue weighted by molar-refractivity contribution is 0.198. The zero-order chi connectivity index (χ0) is 16.1. The summed E-state index contributed by atoms with van der Waals surface area (Å²) in [7, 11) is 0. The van der Waals surface area contributed by atoms with Crippen molar-refractivity contribution in [3.05, 3.63) is 71.3 Å². The molecule has 2 nitrogen and oxygen atoms in total. The van der Waals surface area contributed by atoms with Crippen molar-refractivity contribution < 1.29 is 5.11 Å². The van der Waals surface area contributed by atoms with Crippen LogP contribution in [0.15, 0.2) is 54.6 Å². The van der Waals surface area contributed by atoms with Gasteiger partial charge in [-0.05, 0) is 48.4 Å². The van der Waals surface area contributed by atoms with Gasteiger partial charge < -0.3 is 10.8 Å². The lowest BCUT2D eigenvalue weighted by Gasteiger charge is -2.20. The van der Waals surface area contributed by atoms with Crippen LogP contribution in [0.2, 0.25) is 0 Å². The van der Waals surface area contributed by atoms with Crippen LogP contribution in [0.4, 0.5) is 0 Å². The molecule has 0 bridgehead atoms. The van der Waals surface area contributed by atoms with Crippen molar-refractivity contribution in [2.75, 3.05) is 6.61 Å². The molecule has 3 rings (SSSR count). The topological polar surface area (TPSA) is 46.2 Å². The monoisotopic (exact) mass is 305 g/mol. The molecule has 2 aromatic carbocycles. The van der Waals surface area contributed by atoms with Crippen LogP contribution in [0.3, 0.4) is 0 Å². The third-order valence-corrected chi connectivity index (χ3v) is 4.71. The van der Waals surface area contributed by atoms with Crippen molar-refractivity contribution >= 4 is 0 Å². The van der Waals surface area contributed by atoms with Gasteiger partial charge >= 0.3 is 0 Å². The average molecular weight is 305 g/mol. The summed E-state index contributed by atoms with van der Waals surface area (Å²) in [6, 6.07) is 18.8. The second-order valence-corrected chi connectivity index (χ2v) is 6.55. The lowest BCUT2D eigenvalue weighted by atomic mass is 9.93. The molecule has 118 valence electrons. The second kappa shape index (κ2) is 7.00. The molecular formula is C21H23NO. The van der Waals surface area contributed by atoms with Crippen molar-refractivity contribution in [1.82, 2.24) is 0 Å². The average Bonchev–Trinajstić information content (AvgIpc) is 3.00. The maximum atomic E-state index is 9.38. The quantitative estimate of drug-likeness (QED) is 0.855. The first-order chi connectivity index (χ1) is 11.2. The van der Waals surface area contributed by atoms with Crippen molar-refractivity contribution in [1.29, 1.82) is 0 Å². The fraction of sp³-hybridized carbons (Fsp3) is 0.333. The largest absolute Gasteiger partial charge is 0.394 e. The summed E-state index contributed by atoms with van der Waals surface area (Å²) in [4.78, 5) is 0. The zero-order valence-electron chi connectivity index (χ0n) is 13.3. The van der Waals surface area contributed by atoms with Gasteiger partial charge in [0.2, 0.25) is 0 Å². The van der Waals surface area contributed by atoms with Gasteiger partial charge in [0.05, 0.1) is 6.61 Å². The predicted octanol–water partition coefficient (Wildman–Crippen LogP) is 3.24. The van der Waals surface area contributed by atoms with Crippen molar-refractivity contribution in [2.45, 2.75) is 37.1 Å². The van der Waals surface area contributed by atoms with Crippen LogP contribution in [0.5, 0.6) is 0 Å². The number of aliphatic hydroxyl groups excluding tert-OH is 1. The summed E-state index contributed by atoms with van der Waals surface area (Å²) < 4.78 is 0. The van der Waals surface area contributed by atoms with Crippen molar-refractivity contribution in [3.8, 4) is 11.8 Å². The third-order valence-electron chi connectivity index (χ3n) is 4.71. The maximum Gasteiger partial charge on any atom is 0.0611 e. The summed E-state index contributed by atoms with van der Waals surface area (Å²) in [6.45, 7) is 0.0759. The van der Waals surface area contributed by atoms with Gasteiger partial charge in [-0.3, -0.25) is 0 Å². The molecule has 23 heavy (non-hydrogen) atoms. The normalized spacial score (nSPS) is 23.3. The smallest absolute Gasteiger partial charge is 0.0611 e. The first-order valence-corrected chi connectivity index (χ1v) is 8.21. The molecule has 0 saturated heterocycles. The van der Waals surface area contributed by atoms with E-state index in [1.54, 1.807) is 0 Å². The minimum Gasteiger partial charge on any atom is -0.394 e. The maximum absolute atomic E-state index is 9.38. The van der Waals surface area contributed by atoms with Gasteiger partial charge in [-0.1, -0.05) is 54.3 Å². The third kappa shape index (κ3) is 4.01. The van der Waals surface area contributed by atoms with Gasteiger partial charge in [0.25, 0.3) is 0 Å². The number of hydrogen-bond acceptors (Lipinski definition) is 2. The van der Waals surface area contributed by atoms with Gasteiger partial charge in [-0.2, -0.15) is 0 Å². The van der Waals surface area contributed by atoms with E-state index in [-0.39, 0.29) is 6.61 Å². The molecule has 1 aliphatic rings. The van der Waals surface area contributed by atoms with E-state index in [2.05, 4.69) is 48.2 Å². The first-order valence-electron chi connectivity index (χ1n) is 8.21. The molecule has 0 radical (unpaired) electrons. The minimum atomic E-state index is -0.390. The first kappa shape index (κ1) is 15.8. The molecule has 0 aliphatic heterocycles. The summed E-state index contributed by atoms with van der Waals surface area (Å²) in [6.07, 6.45) is 3.59. The van der Waals surface area contributed by atoms with Gasteiger partial charge in [0, 0.05) is 17.5 Å². The fourth-order valence-electron chi connectivity index (χ4n) is 3.27. The van der Waals surface area contributed by atoms with Crippen LogP contribution in [0.25, 0.3) is 0 Å². The number of aliphatic hydroxyl groups is 1. The Labute approximate surface area is 138 Å². The molecule has 0 aromatic heterocycles. The standard InChI is InChI=1S/C21H23NO/c22-21(16-23)14-13-20(15-21)19-11-9-18(10-12-19)8-4-7-17-5-2-1-3-6-17/h1-3,5-6,9-12,20,23H,7,13-16,22H2/t20-,21+/m1/s1. The summed E-state index contributed by atoms with van der Waals surface area (Å²) >= 11 is 0. The zero-order valence-corrected chi connectivity index (χ0v) is 13.3. The Bertz CT molecular complexity index is 696. The van der Waals surface area contributed by atoms with E-state index >= 15 is 0 Å². The van der Waals surface area contributed by atoms with E-state index in [9.17, 15) is 5.11 Å². The SMILES string of the molecule is N[C@@]1(CO)CC[C@@H](c2ccc(C#CCc3ccccc3)cc2)C1. The van der Waals surface area contributed by atoms with Gasteiger partial charge in [-0.25, -0.2) is 0 Å². The molecule has 1 saturated carbocycles. The highest BCUT2D eigenvalue weighted by atomic mass is 16.3. The second-order valence-electron chi connectivity index (χ2n) is 6.55. The molecule has 0 amide bonds. The van der Waals surface area contributed by atoms with E-state index in [1.165, 1.54) is 11.1 Å². The number of benzene rings is 2. The van der Waals surface area contributed by atoms with Crippen LogP contribution in [-0.4, -0.2) is 17.3 Å². The molecule has 2 aromatic rings. The molecule has 1 fully saturated rings. The Morgan fingerprint density at radius 2 is 1.83 bits per heavy atom. The van der Waals surface area contributed by atoms with Crippen LogP contribution < -0.4 is 5.73 Å². The highest BCUT2D eigenvalue weighted by Crippen LogP contribution is 2.39. The Balaban J connectivity index is 1.62. The van der Waals surface area contributed by atoms with Gasteiger partial charge in [-0.15, -0.1) is 0 Å². The molecule has 1 aliphatic carbocycles. The van der Waals surface area contributed by atoms with Crippen molar-refractivity contribution in [3.63, 3.8) is 0 Å². The predicted molar refractivity (Wildman–Crippen MR) is 94.1 cm³/mol. The minimum absolute atomic E-state index is 0.0759. The summed E-state index contributed by atoms with van der Waals surface area (Å²) in [5.74, 6) is 6.91. The van der Waals surface area contributed by atoms with Crippen LogP contribution in [0.1, 0.15) is 41.9 Å². The van der Waals surface area contributed by atoms with E-state index in [0.29, 0.717) is 5.92 Å². The van der Waals surface area contributed by atoms with E-state index in [1.807, 2.05) is 18.2 Å². The van der Waals surface area contributed by atoms with Crippen LogP contribution in [-0.2, 0) is 6.42 Å². The Morgan fingerprint density at radius 3 is 2.48 bits per heavy atom. The van der Waals surface area contributed by atoms with E-state index < -0.39 is 5.54 Å². The molecule has 0 unspecified atom stereocenters. The van der Waals surface area contributed by atoms with Gasteiger partial charge in [0.15, 0.2) is 0 Å². The number of hydrogen-bond donors (Lipinski definition) is 2. The van der Waals surface area contributed by atoms with E-state index in [4.69, 9.17) is 5.73 Å². The molecule has 0 heterocycles. The Morgan fingerprint density at radius 1 is 1.09 bits per heavy atom. The molecular weight excluding hydrogens is 282 g/mol. The highest BCUT2D eigenvalue weighted by Gasteiger charge is 2.35. The summed E-state index contributed by atoms with van der Waals surface area (Å²) in [5, 5.41) is 9.38.